The average molecular weight is 192 g/mol. The molecule has 1 aliphatic heterocycles. The summed E-state index contributed by atoms with van der Waals surface area (Å²) in [5, 5.41) is 0. The van der Waals surface area contributed by atoms with Gasteiger partial charge in [0.1, 0.15) is 6.10 Å². The first-order valence-corrected chi connectivity index (χ1v) is 4.75. The third-order valence-corrected chi connectivity index (χ3v) is 2.12. The highest BCUT2D eigenvalue weighted by Crippen LogP contribution is 2.22. The Bertz CT molecular complexity index is 321. The minimum atomic E-state index is -0.223. The molecule has 1 heterocycles. The smallest absolute Gasteiger partial charge is 0.338 e. The van der Waals surface area contributed by atoms with Crippen LogP contribution in [0.3, 0.4) is 0 Å². The molecule has 0 amide bonds. The van der Waals surface area contributed by atoms with Crippen molar-refractivity contribution in [2.75, 3.05) is 0 Å². The predicted octanol–water partition coefficient (Wildman–Crippen LogP) is 2.77. The quantitative estimate of drug-likeness (QED) is 0.496. The Balaban J connectivity index is 2.90. The minimum absolute atomic E-state index is 0.00415. The highest BCUT2D eigenvalue weighted by molar-refractivity contribution is 5.93. The van der Waals surface area contributed by atoms with Gasteiger partial charge in [0.2, 0.25) is 0 Å². The van der Waals surface area contributed by atoms with E-state index in [0.29, 0.717) is 5.57 Å². The molecule has 0 spiro atoms. The molecule has 0 radical (unpaired) electrons. The van der Waals surface area contributed by atoms with E-state index in [1.165, 1.54) is 0 Å². The highest BCUT2D eigenvalue weighted by atomic mass is 16.5. The second-order valence-electron chi connectivity index (χ2n) is 3.79. The molecule has 76 valence electrons. The highest BCUT2D eigenvalue weighted by Gasteiger charge is 2.21. The van der Waals surface area contributed by atoms with Gasteiger partial charge in [0.15, 0.2) is 0 Å². The number of hydrogen-bond acceptors (Lipinski definition) is 2. The van der Waals surface area contributed by atoms with E-state index >= 15 is 0 Å². The zero-order valence-corrected chi connectivity index (χ0v) is 8.96. The molecule has 0 fully saturated rings. The van der Waals surface area contributed by atoms with Gasteiger partial charge in [-0.15, -0.1) is 0 Å². The molecule has 0 N–H and O–H groups in total. The van der Waals surface area contributed by atoms with Gasteiger partial charge in [-0.05, 0) is 26.8 Å². The lowest BCUT2D eigenvalue weighted by Gasteiger charge is -2.21. The number of carbonyl (C=O) groups excluding carboxylic acids is 1. The molecule has 0 bridgehead atoms. The van der Waals surface area contributed by atoms with E-state index in [1.54, 1.807) is 6.08 Å². The van der Waals surface area contributed by atoms with Gasteiger partial charge in [-0.1, -0.05) is 23.8 Å². The van der Waals surface area contributed by atoms with Crippen LogP contribution in [0, 0.1) is 0 Å². The molecule has 0 saturated heterocycles. The summed E-state index contributed by atoms with van der Waals surface area (Å²) in [6.07, 6.45) is 4.44. The van der Waals surface area contributed by atoms with Crippen LogP contribution in [0.15, 0.2) is 35.5 Å². The van der Waals surface area contributed by atoms with Crippen molar-refractivity contribution in [1.29, 1.82) is 0 Å². The summed E-state index contributed by atoms with van der Waals surface area (Å²) in [7, 11) is 0. The Morgan fingerprint density at radius 3 is 2.79 bits per heavy atom. The Hall–Kier alpha value is -1.31. The van der Waals surface area contributed by atoms with Crippen LogP contribution in [0.25, 0.3) is 0 Å². The van der Waals surface area contributed by atoms with Crippen LogP contribution >= 0.6 is 0 Å². The molecule has 1 aliphatic rings. The summed E-state index contributed by atoms with van der Waals surface area (Å²) >= 11 is 0. The summed E-state index contributed by atoms with van der Waals surface area (Å²) in [6, 6.07) is 0. The molecule has 0 aliphatic carbocycles. The van der Waals surface area contributed by atoms with Crippen LogP contribution < -0.4 is 0 Å². The first-order chi connectivity index (χ1) is 6.50. The standard InChI is InChI=1S/C12H16O2/c1-8(2)5-6-11-9(3)7-10(4)14-12(11)13/h5-6,10H,1,7H2,2-4H3/b6-5-/t10-/m0/s1. The van der Waals surface area contributed by atoms with Crippen molar-refractivity contribution in [3.05, 3.63) is 35.5 Å². The fraction of sp³-hybridized carbons (Fsp3) is 0.417. The largest absolute Gasteiger partial charge is 0.459 e. The molecule has 0 aromatic rings. The zero-order chi connectivity index (χ0) is 10.7. The molecule has 2 heteroatoms. The van der Waals surface area contributed by atoms with Crippen molar-refractivity contribution in [2.45, 2.75) is 33.3 Å². The maximum Gasteiger partial charge on any atom is 0.338 e. The predicted molar refractivity (Wildman–Crippen MR) is 56.8 cm³/mol. The summed E-state index contributed by atoms with van der Waals surface area (Å²) in [5.41, 5.74) is 2.69. The maximum atomic E-state index is 11.5. The Morgan fingerprint density at radius 2 is 2.29 bits per heavy atom. The van der Waals surface area contributed by atoms with Gasteiger partial charge in [0.05, 0.1) is 5.57 Å². The molecular weight excluding hydrogens is 176 g/mol. The van der Waals surface area contributed by atoms with Gasteiger partial charge >= 0.3 is 5.97 Å². The monoisotopic (exact) mass is 192 g/mol. The van der Waals surface area contributed by atoms with Gasteiger partial charge in [0, 0.05) is 6.42 Å². The number of allylic oxidation sites excluding steroid dienone is 2. The van der Waals surface area contributed by atoms with Crippen LogP contribution in [0.2, 0.25) is 0 Å². The van der Waals surface area contributed by atoms with Crippen LogP contribution in [0.4, 0.5) is 0 Å². The number of ether oxygens (including phenoxy) is 1. The molecule has 1 atom stereocenters. The summed E-state index contributed by atoms with van der Waals surface area (Å²) in [6.45, 7) is 9.51. The molecule has 1 rings (SSSR count). The lowest BCUT2D eigenvalue weighted by Crippen LogP contribution is -2.22. The van der Waals surface area contributed by atoms with E-state index in [2.05, 4.69) is 6.58 Å². The second-order valence-corrected chi connectivity index (χ2v) is 3.79. The molecule has 2 nitrogen and oxygen atoms in total. The SMILES string of the molecule is C=C(C)/C=C\C1=C(C)C[C@H](C)OC1=O. The Labute approximate surface area is 85.0 Å². The van der Waals surface area contributed by atoms with Crippen molar-refractivity contribution in [3.63, 3.8) is 0 Å². The number of hydrogen-bond donors (Lipinski definition) is 0. The molecular formula is C12H16O2. The summed E-state index contributed by atoms with van der Waals surface area (Å²) < 4.78 is 5.12. The van der Waals surface area contributed by atoms with Crippen molar-refractivity contribution < 1.29 is 9.53 Å². The molecule has 0 aromatic heterocycles. The zero-order valence-electron chi connectivity index (χ0n) is 8.96. The molecule has 0 saturated carbocycles. The first kappa shape index (κ1) is 10.8. The lowest BCUT2D eigenvalue weighted by atomic mass is 10.0. The normalized spacial score (nSPS) is 22.8. The van der Waals surface area contributed by atoms with Crippen molar-refractivity contribution in [1.82, 2.24) is 0 Å². The Kier molecular flexibility index (Phi) is 3.28. The molecule has 0 aromatic carbocycles. The van der Waals surface area contributed by atoms with Crippen LogP contribution in [-0.2, 0) is 9.53 Å². The minimum Gasteiger partial charge on any atom is -0.459 e. The number of rotatable bonds is 2. The van der Waals surface area contributed by atoms with Gasteiger partial charge < -0.3 is 4.74 Å². The van der Waals surface area contributed by atoms with E-state index in [4.69, 9.17) is 4.74 Å². The van der Waals surface area contributed by atoms with Crippen LogP contribution in [-0.4, -0.2) is 12.1 Å². The summed E-state index contributed by atoms with van der Waals surface area (Å²) in [5.74, 6) is -0.223. The van der Waals surface area contributed by atoms with Gasteiger partial charge in [0.25, 0.3) is 0 Å². The molecule has 14 heavy (non-hydrogen) atoms. The average Bonchev–Trinajstić information content (AvgIpc) is 2.01. The third kappa shape index (κ3) is 2.59. The molecule has 0 unspecified atom stereocenters. The number of carbonyl (C=O) groups is 1. The first-order valence-electron chi connectivity index (χ1n) is 4.75. The number of cyclic esters (lactones) is 1. The van der Waals surface area contributed by atoms with Gasteiger partial charge in [-0.3, -0.25) is 0 Å². The van der Waals surface area contributed by atoms with Crippen molar-refractivity contribution in [3.8, 4) is 0 Å². The van der Waals surface area contributed by atoms with Gasteiger partial charge in [-0.2, -0.15) is 0 Å². The van der Waals surface area contributed by atoms with E-state index in [-0.39, 0.29) is 12.1 Å². The number of esters is 1. The maximum absolute atomic E-state index is 11.5. The van der Waals surface area contributed by atoms with Crippen molar-refractivity contribution in [2.24, 2.45) is 0 Å². The second kappa shape index (κ2) is 4.27. The van der Waals surface area contributed by atoms with Crippen LogP contribution in [0.1, 0.15) is 27.2 Å². The Morgan fingerprint density at radius 1 is 1.64 bits per heavy atom. The lowest BCUT2D eigenvalue weighted by molar-refractivity contribution is -0.144. The van der Waals surface area contributed by atoms with E-state index in [9.17, 15) is 4.79 Å². The third-order valence-electron chi connectivity index (χ3n) is 2.12. The topological polar surface area (TPSA) is 26.3 Å². The van der Waals surface area contributed by atoms with Crippen molar-refractivity contribution >= 4 is 5.97 Å². The summed E-state index contributed by atoms with van der Waals surface area (Å²) in [4.78, 5) is 11.5. The van der Waals surface area contributed by atoms with Gasteiger partial charge in [-0.25, -0.2) is 4.79 Å². The fourth-order valence-electron chi connectivity index (χ4n) is 1.44. The van der Waals surface area contributed by atoms with Crippen LogP contribution in [0.5, 0.6) is 0 Å². The van der Waals surface area contributed by atoms with E-state index < -0.39 is 0 Å². The van der Waals surface area contributed by atoms with E-state index in [1.807, 2.05) is 26.8 Å². The van der Waals surface area contributed by atoms with E-state index in [0.717, 1.165) is 17.6 Å². The fourth-order valence-corrected chi connectivity index (χ4v) is 1.44.